The van der Waals surface area contributed by atoms with Crippen LogP contribution in [-0.2, 0) is 16.8 Å². The smallest absolute Gasteiger partial charge is 0.277 e. The molecule has 27 heavy (non-hydrogen) atoms. The van der Waals surface area contributed by atoms with E-state index in [4.69, 9.17) is 9.15 Å². The van der Waals surface area contributed by atoms with Gasteiger partial charge in [0.1, 0.15) is 5.75 Å². The van der Waals surface area contributed by atoms with Gasteiger partial charge in [-0.1, -0.05) is 44.7 Å². The molecule has 2 heterocycles. The van der Waals surface area contributed by atoms with Gasteiger partial charge < -0.3 is 14.1 Å². The summed E-state index contributed by atoms with van der Waals surface area (Å²) in [6.07, 6.45) is 3.40. The number of thioether (sulfide) groups is 1. The summed E-state index contributed by atoms with van der Waals surface area (Å²) in [6, 6.07) is 8.03. The van der Waals surface area contributed by atoms with E-state index in [2.05, 4.69) is 43.1 Å². The summed E-state index contributed by atoms with van der Waals surface area (Å²) >= 11 is 1.28. The number of carbonyl (C=O) groups excluding carboxylic acids is 1. The minimum atomic E-state index is 0.114. The van der Waals surface area contributed by atoms with Crippen LogP contribution in [0.3, 0.4) is 0 Å². The molecule has 0 saturated carbocycles. The van der Waals surface area contributed by atoms with Crippen LogP contribution in [0.15, 0.2) is 33.9 Å². The first-order chi connectivity index (χ1) is 12.9. The van der Waals surface area contributed by atoms with Crippen molar-refractivity contribution < 1.29 is 13.9 Å². The second-order valence-corrected chi connectivity index (χ2v) is 8.68. The van der Waals surface area contributed by atoms with Crippen molar-refractivity contribution >= 4 is 17.7 Å². The van der Waals surface area contributed by atoms with Gasteiger partial charge in [-0.05, 0) is 42.4 Å². The Kier molecular flexibility index (Phi) is 6.42. The Morgan fingerprint density at radius 3 is 2.52 bits per heavy atom. The highest BCUT2D eigenvalue weighted by Crippen LogP contribution is 2.25. The molecule has 0 unspecified atom stereocenters. The number of piperidine rings is 1. The second-order valence-electron chi connectivity index (χ2n) is 7.75. The molecule has 146 valence electrons. The van der Waals surface area contributed by atoms with Crippen molar-refractivity contribution in [3.63, 3.8) is 0 Å². The van der Waals surface area contributed by atoms with Crippen LogP contribution < -0.4 is 4.74 Å². The summed E-state index contributed by atoms with van der Waals surface area (Å²) in [5.74, 6) is 1.63. The first-order valence-corrected chi connectivity index (χ1v) is 10.4. The van der Waals surface area contributed by atoms with Gasteiger partial charge in [0, 0.05) is 13.1 Å². The van der Waals surface area contributed by atoms with Crippen molar-refractivity contribution in [2.45, 2.75) is 57.3 Å². The number of hydrogen-bond donors (Lipinski definition) is 0. The molecular formula is C20H27N3O3S. The first-order valence-electron chi connectivity index (χ1n) is 9.38. The van der Waals surface area contributed by atoms with Crippen LogP contribution in [0.2, 0.25) is 0 Å². The molecule has 0 radical (unpaired) electrons. The number of ether oxygens (including phenoxy) is 1. The summed E-state index contributed by atoms with van der Waals surface area (Å²) < 4.78 is 11.3. The minimum Gasteiger partial charge on any atom is -0.484 e. The fraction of sp³-hybridized carbons (Fsp3) is 0.550. The van der Waals surface area contributed by atoms with Crippen molar-refractivity contribution in [3.05, 3.63) is 35.7 Å². The Morgan fingerprint density at radius 2 is 1.85 bits per heavy atom. The zero-order chi connectivity index (χ0) is 19.3. The van der Waals surface area contributed by atoms with Gasteiger partial charge in [-0.15, -0.1) is 10.2 Å². The number of carbonyl (C=O) groups is 1. The maximum atomic E-state index is 12.2. The summed E-state index contributed by atoms with van der Waals surface area (Å²) in [6.45, 7) is 8.46. The molecule has 6 nitrogen and oxygen atoms in total. The van der Waals surface area contributed by atoms with Gasteiger partial charge >= 0.3 is 0 Å². The fourth-order valence-corrected chi connectivity index (χ4v) is 3.59. The number of nitrogens with zero attached hydrogens (tertiary/aromatic N) is 3. The predicted octanol–water partition coefficient (Wildman–Crippen LogP) is 4.05. The van der Waals surface area contributed by atoms with Crippen molar-refractivity contribution in [2.24, 2.45) is 0 Å². The van der Waals surface area contributed by atoms with Crippen molar-refractivity contribution in [1.29, 1.82) is 0 Å². The van der Waals surface area contributed by atoms with Gasteiger partial charge in [-0.25, -0.2) is 0 Å². The lowest BCUT2D eigenvalue weighted by atomic mass is 9.87. The molecular weight excluding hydrogens is 362 g/mol. The maximum absolute atomic E-state index is 12.2. The Labute approximate surface area is 164 Å². The monoisotopic (exact) mass is 389 g/mol. The molecule has 1 aliphatic rings. The number of hydrogen-bond acceptors (Lipinski definition) is 6. The number of benzene rings is 1. The van der Waals surface area contributed by atoms with E-state index in [9.17, 15) is 4.79 Å². The molecule has 1 fully saturated rings. The number of rotatable bonds is 6. The molecule has 1 aliphatic heterocycles. The zero-order valence-electron chi connectivity index (χ0n) is 16.2. The SMILES string of the molecule is CC(C)(C)c1ccc(OCc2nnc(SCC(=O)N3CCCCC3)o2)cc1. The van der Waals surface area contributed by atoms with Gasteiger partial charge in [0.2, 0.25) is 5.91 Å². The summed E-state index contributed by atoms with van der Waals surface area (Å²) in [4.78, 5) is 14.1. The van der Waals surface area contributed by atoms with Gasteiger partial charge in [-0.3, -0.25) is 4.79 Å². The van der Waals surface area contributed by atoms with Crippen LogP contribution in [-0.4, -0.2) is 39.8 Å². The Hall–Kier alpha value is -2.02. The standard InChI is InChI=1S/C20H27N3O3S/c1-20(2,3)15-7-9-16(10-8-15)25-13-17-21-22-19(26-17)27-14-18(24)23-11-5-4-6-12-23/h7-10H,4-6,11-14H2,1-3H3. The highest BCUT2D eigenvalue weighted by atomic mass is 32.2. The maximum Gasteiger partial charge on any atom is 0.277 e. The van der Waals surface area contributed by atoms with Gasteiger partial charge in [0.25, 0.3) is 11.1 Å². The molecule has 3 rings (SSSR count). The van der Waals surface area contributed by atoms with E-state index < -0.39 is 0 Å². The topological polar surface area (TPSA) is 68.5 Å². The Morgan fingerprint density at radius 1 is 1.15 bits per heavy atom. The lowest BCUT2D eigenvalue weighted by Crippen LogP contribution is -2.36. The zero-order valence-corrected chi connectivity index (χ0v) is 17.1. The lowest BCUT2D eigenvalue weighted by molar-refractivity contribution is -0.129. The van der Waals surface area contributed by atoms with Crippen molar-refractivity contribution in [1.82, 2.24) is 15.1 Å². The Balaban J connectivity index is 1.45. The number of likely N-dealkylation sites (tertiary alicyclic amines) is 1. The van der Waals surface area contributed by atoms with Crippen LogP contribution in [0.4, 0.5) is 0 Å². The second kappa shape index (κ2) is 8.78. The van der Waals surface area contributed by atoms with E-state index in [1.807, 2.05) is 17.0 Å². The van der Waals surface area contributed by atoms with E-state index in [0.29, 0.717) is 16.9 Å². The fourth-order valence-electron chi connectivity index (χ4n) is 2.91. The van der Waals surface area contributed by atoms with Crippen molar-refractivity contribution in [2.75, 3.05) is 18.8 Å². The van der Waals surface area contributed by atoms with Crippen LogP contribution >= 0.6 is 11.8 Å². The quantitative estimate of drug-likeness (QED) is 0.694. The molecule has 0 aliphatic carbocycles. The highest BCUT2D eigenvalue weighted by molar-refractivity contribution is 7.99. The summed E-state index contributed by atoms with van der Waals surface area (Å²) in [7, 11) is 0. The molecule has 1 aromatic heterocycles. The third kappa shape index (κ3) is 5.73. The molecule has 0 bridgehead atoms. The van der Waals surface area contributed by atoms with E-state index in [-0.39, 0.29) is 17.9 Å². The third-order valence-electron chi connectivity index (χ3n) is 4.56. The molecule has 7 heteroatoms. The highest BCUT2D eigenvalue weighted by Gasteiger charge is 2.18. The van der Waals surface area contributed by atoms with E-state index in [1.54, 1.807) is 0 Å². The average molecular weight is 390 g/mol. The van der Waals surface area contributed by atoms with Crippen LogP contribution in [0.5, 0.6) is 5.75 Å². The molecule has 1 saturated heterocycles. The number of amides is 1. The first kappa shape index (κ1) is 19.7. The average Bonchev–Trinajstić information content (AvgIpc) is 3.13. The lowest BCUT2D eigenvalue weighted by Gasteiger charge is -2.26. The van der Waals surface area contributed by atoms with Crippen molar-refractivity contribution in [3.8, 4) is 5.75 Å². The Bertz CT molecular complexity index is 747. The molecule has 2 aromatic rings. The van der Waals surface area contributed by atoms with E-state index in [0.717, 1.165) is 31.7 Å². The van der Waals surface area contributed by atoms with Crippen LogP contribution in [0, 0.1) is 0 Å². The molecule has 1 aromatic carbocycles. The van der Waals surface area contributed by atoms with Gasteiger partial charge in [0.15, 0.2) is 6.61 Å². The summed E-state index contributed by atoms with van der Waals surface area (Å²) in [5, 5.41) is 8.38. The minimum absolute atomic E-state index is 0.114. The van der Waals surface area contributed by atoms with Gasteiger partial charge in [0.05, 0.1) is 5.75 Å². The molecule has 0 spiro atoms. The molecule has 0 N–H and O–H groups in total. The third-order valence-corrected chi connectivity index (χ3v) is 5.36. The van der Waals surface area contributed by atoms with E-state index in [1.165, 1.54) is 23.7 Å². The molecule has 0 atom stereocenters. The van der Waals surface area contributed by atoms with Crippen LogP contribution in [0.25, 0.3) is 0 Å². The van der Waals surface area contributed by atoms with Crippen LogP contribution in [0.1, 0.15) is 51.5 Å². The summed E-state index contributed by atoms with van der Waals surface area (Å²) in [5.41, 5.74) is 1.37. The normalized spacial score (nSPS) is 15.0. The molecule has 1 amide bonds. The predicted molar refractivity (Wildman–Crippen MR) is 105 cm³/mol. The van der Waals surface area contributed by atoms with E-state index >= 15 is 0 Å². The van der Waals surface area contributed by atoms with Gasteiger partial charge in [-0.2, -0.15) is 0 Å². The number of aromatic nitrogens is 2. The largest absolute Gasteiger partial charge is 0.484 e.